The summed E-state index contributed by atoms with van der Waals surface area (Å²) in [7, 11) is 0. The molecule has 0 bridgehead atoms. The highest BCUT2D eigenvalue weighted by Gasteiger charge is 2.24. The number of nitrogens with one attached hydrogen (secondary N) is 2. The lowest BCUT2D eigenvalue weighted by Gasteiger charge is -2.07. The molecule has 2 amide bonds. The Bertz CT molecular complexity index is 1500. The van der Waals surface area contributed by atoms with E-state index in [1.54, 1.807) is 0 Å². The average molecular weight is 481 g/mol. The van der Waals surface area contributed by atoms with Crippen molar-refractivity contribution in [1.29, 1.82) is 0 Å². The Morgan fingerprint density at radius 1 is 1.03 bits per heavy atom. The van der Waals surface area contributed by atoms with Crippen LogP contribution >= 0.6 is 11.8 Å². The number of amides is 2. The van der Waals surface area contributed by atoms with Gasteiger partial charge in [-0.3, -0.25) is 9.59 Å². The minimum Gasteiger partial charge on any atom is -0.337 e. The number of carbonyl (C=O) groups excluding carboxylic acids is 2. The van der Waals surface area contributed by atoms with Gasteiger partial charge in [-0.25, -0.2) is 4.99 Å². The van der Waals surface area contributed by atoms with Crippen molar-refractivity contribution in [3.8, 4) is 0 Å². The lowest BCUT2D eigenvalue weighted by molar-refractivity contribution is -0.117. The number of anilines is 1. The molecule has 174 valence electrons. The van der Waals surface area contributed by atoms with Gasteiger partial charge in [0.15, 0.2) is 5.17 Å². The van der Waals surface area contributed by atoms with Gasteiger partial charge in [-0.15, -0.1) is 0 Å². The molecule has 35 heavy (non-hydrogen) atoms. The number of thioether (sulfide) groups is 1. The van der Waals surface area contributed by atoms with Crippen molar-refractivity contribution in [2.75, 3.05) is 5.32 Å². The topological polar surface area (TPSA) is 75.5 Å². The Morgan fingerprint density at radius 2 is 1.80 bits per heavy atom. The first-order chi connectivity index (χ1) is 17.0. The monoisotopic (exact) mass is 480 g/mol. The molecule has 0 aliphatic carbocycles. The van der Waals surface area contributed by atoms with Crippen molar-refractivity contribution < 1.29 is 9.59 Å². The average Bonchev–Trinajstić information content (AvgIpc) is 3.36. The molecule has 7 heteroatoms. The number of hydrogen-bond donors (Lipinski definition) is 2. The van der Waals surface area contributed by atoms with Gasteiger partial charge in [0.2, 0.25) is 5.91 Å². The fraction of sp³-hybridized carbons (Fsp3) is 0.107. The van der Waals surface area contributed by atoms with Crippen molar-refractivity contribution in [3.63, 3.8) is 0 Å². The molecule has 0 unspecified atom stereocenters. The molecule has 1 saturated heterocycles. The molecular weight excluding hydrogens is 456 g/mol. The third-order valence-corrected chi connectivity index (χ3v) is 6.76. The van der Waals surface area contributed by atoms with Crippen LogP contribution in [0.15, 0.2) is 88.9 Å². The minimum atomic E-state index is -0.184. The summed E-state index contributed by atoms with van der Waals surface area (Å²) >= 11 is 1.31. The van der Waals surface area contributed by atoms with E-state index >= 15 is 0 Å². The van der Waals surface area contributed by atoms with E-state index in [9.17, 15) is 9.59 Å². The van der Waals surface area contributed by atoms with Gasteiger partial charge >= 0.3 is 0 Å². The number of carbonyl (C=O) groups is 2. The predicted molar refractivity (Wildman–Crippen MR) is 144 cm³/mol. The Kier molecular flexibility index (Phi) is 6.25. The summed E-state index contributed by atoms with van der Waals surface area (Å²) in [5.74, 6) is -0.303. The van der Waals surface area contributed by atoms with Gasteiger partial charge in [0.1, 0.15) is 6.54 Å². The number of amidine groups is 1. The van der Waals surface area contributed by atoms with Gasteiger partial charge in [-0.2, -0.15) is 0 Å². The molecule has 2 N–H and O–H groups in total. The highest BCUT2D eigenvalue weighted by Crippen LogP contribution is 2.31. The SMILES string of the molecule is Cc1ccc(N=C2NC(=O)/C(=C\c3cn(CC(=O)Nc4ccccc4)c4ccccc34)S2)cc1C. The maximum absolute atomic E-state index is 12.7. The van der Waals surface area contributed by atoms with Gasteiger partial charge in [-0.1, -0.05) is 42.5 Å². The van der Waals surface area contributed by atoms with Crippen LogP contribution in [0.4, 0.5) is 11.4 Å². The minimum absolute atomic E-state index is 0.119. The summed E-state index contributed by atoms with van der Waals surface area (Å²) in [5.41, 5.74) is 5.71. The lowest BCUT2D eigenvalue weighted by Crippen LogP contribution is -2.19. The van der Waals surface area contributed by atoms with E-state index in [1.165, 1.54) is 17.3 Å². The zero-order valence-electron chi connectivity index (χ0n) is 19.4. The van der Waals surface area contributed by atoms with Gasteiger partial charge in [-0.05, 0) is 73.1 Å². The number of aryl methyl sites for hydroxylation is 2. The van der Waals surface area contributed by atoms with Crippen molar-refractivity contribution in [2.45, 2.75) is 20.4 Å². The summed E-state index contributed by atoms with van der Waals surface area (Å²) in [6.07, 6.45) is 3.77. The Hall–Kier alpha value is -4.10. The number of rotatable bonds is 5. The first kappa shape index (κ1) is 22.7. The van der Waals surface area contributed by atoms with E-state index in [0.29, 0.717) is 10.1 Å². The highest BCUT2D eigenvalue weighted by molar-refractivity contribution is 8.18. The molecule has 1 aromatic heterocycles. The second kappa shape index (κ2) is 9.64. The summed E-state index contributed by atoms with van der Waals surface area (Å²) in [6, 6.07) is 23.2. The van der Waals surface area contributed by atoms with E-state index in [-0.39, 0.29) is 18.4 Å². The molecule has 0 spiro atoms. The molecule has 0 radical (unpaired) electrons. The fourth-order valence-electron chi connectivity index (χ4n) is 3.93. The smallest absolute Gasteiger partial charge is 0.264 e. The van der Waals surface area contributed by atoms with Crippen LogP contribution in [-0.2, 0) is 16.1 Å². The van der Waals surface area contributed by atoms with E-state index in [2.05, 4.69) is 22.5 Å². The number of benzene rings is 3. The fourth-order valence-corrected chi connectivity index (χ4v) is 4.76. The summed E-state index contributed by atoms with van der Waals surface area (Å²) in [6.45, 7) is 4.26. The first-order valence-electron chi connectivity index (χ1n) is 11.3. The normalized spacial score (nSPS) is 15.7. The molecule has 1 aliphatic heterocycles. The van der Waals surface area contributed by atoms with Crippen LogP contribution < -0.4 is 10.6 Å². The molecule has 0 saturated carbocycles. The highest BCUT2D eigenvalue weighted by atomic mass is 32.2. The maximum atomic E-state index is 12.7. The van der Waals surface area contributed by atoms with Crippen molar-refractivity contribution in [3.05, 3.63) is 101 Å². The number of para-hydroxylation sites is 2. The van der Waals surface area contributed by atoms with Crippen molar-refractivity contribution in [2.24, 2.45) is 4.99 Å². The molecule has 4 aromatic rings. The van der Waals surface area contributed by atoms with Crippen LogP contribution in [0.2, 0.25) is 0 Å². The van der Waals surface area contributed by atoms with E-state index in [4.69, 9.17) is 0 Å². The zero-order valence-corrected chi connectivity index (χ0v) is 20.2. The lowest BCUT2D eigenvalue weighted by atomic mass is 10.1. The molecular formula is C28H24N4O2S. The van der Waals surface area contributed by atoms with Crippen LogP contribution in [-0.4, -0.2) is 21.5 Å². The maximum Gasteiger partial charge on any atom is 0.264 e. The van der Waals surface area contributed by atoms with Crippen LogP contribution in [0.25, 0.3) is 17.0 Å². The summed E-state index contributed by atoms with van der Waals surface area (Å²) in [5, 5.41) is 7.30. The number of hydrogen-bond acceptors (Lipinski definition) is 4. The second-order valence-corrected chi connectivity index (χ2v) is 9.42. The van der Waals surface area contributed by atoms with E-state index in [0.717, 1.165) is 33.4 Å². The first-order valence-corrected chi connectivity index (χ1v) is 12.1. The molecule has 1 fully saturated rings. The van der Waals surface area contributed by atoms with Gasteiger partial charge < -0.3 is 15.2 Å². The number of aliphatic imine (C=N–C) groups is 1. The number of fused-ring (bicyclic) bond motifs is 1. The molecule has 0 atom stereocenters. The third kappa shape index (κ3) is 5.05. The molecule has 6 nitrogen and oxygen atoms in total. The molecule has 3 aromatic carbocycles. The van der Waals surface area contributed by atoms with Crippen LogP contribution in [0.3, 0.4) is 0 Å². The third-order valence-electron chi connectivity index (χ3n) is 5.85. The molecule has 1 aliphatic rings. The van der Waals surface area contributed by atoms with E-state index in [1.807, 2.05) is 96.6 Å². The summed E-state index contributed by atoms with van der Waals surface area (Å²) < 4.78 is 1.90. The van der Waals surface area contributed by atoms with Crippen LogP contribution in [0.1, 0.15) is 16.7 Å². The largest absolute Gasteiger partial charge is 0.337 e. The van der Waals surface area contributed by atoms with Crippen LogP contribution in [0, 0.1) is 13.8 Å². The van der Waals surface area contributed by atoms with Gasteiger partial charge in [0.25, 0.3) is 5.91 Å². The quantitative estimate of drug-likeness (QED) is 0.355. The number of aromatic nitrogens is 1. The zero-order chi connectivity index (χ0) is 24.4. The molecule has 2 heterocycles. The Balaban J connectivity index is 1.40. The Morgan fingerprint density at radius 3 is 2.60 bits per heavy atom. The predicted octanol–water partition coefficient (Wildman–Crippen LogP) is 5.79. The number of nitrogens with zero attached hydrogens (tertiary/aromatic N) is 2. The second-order valence-electron chi connectivity index (χ2n) is 8.39. The van der Waals surface area contributed by atoms with Crippen molar-refractivity contribution >= 4 is 57.1 Å². The standard InChI is InChI=1S/C28H24N4O2S/c1-18-12-13-22(14-19(18)2)30-28-31-27(34)25(35-28)15-20-16-32(24-11-7-6-10-23(20)24)17-26(33)29-21-8-4-3-5-9-21/h3-16H,17H2,1-2H3,(H,29,33)(H,30,31,34)/b25-15+. The van der Waals surface area contributed by atoms with Crippen molar-refractivity contribution in [1.82, 2.24) is 9.88 Å². The Labute approximate surface area is 207 Å². The van der Waals surface area contributed by atoms with Gasteiger partial charge in [0, 0.05) is 28.4 Å². The summed E-state index contributed by atoms with van der Waals surface area (Å²) in [4.78, 5) is 30.5. The van der Waals surface area contributed by atoms with Gasteiger partial charge in [0.05, 0.1) is 10.6 Å². The van der Waals surface area contributed by atoms with E-state index < -0.39 is 0 Å². The molecule has 5 rings (SSSR count). The van der Waals surface area contributed by atoms with Crippen LogP contribution in [0.5, 0.6) is 0 Å².